The smallest absolute Gasteiger partial charge is 0.361 e. The van der Waals surface area contributed by atoms with Crippen molar-refractivity contribution in [2.24, 2.45) is 0 Å². The topological polar surface area (TPSA) is 109 Å². The van der Waals surface area contributed by atoms with Crippen LogP contribution in [0.25, 0.3) is 11.0 Å². The molecule has 16 heavy (non-hydrogen) atoms. The first-order chi connectivity index (χ1) is 7.11. The lowest BCUT2D eigenvalue weighted by molar-refractivity contribution is -0.584. The highest BCUT2D eigenvalue weighted by molar-refractivity contribution is 5.88. The Kier molecular flexibility index (Phi) is 3.05. The van der Waals surface area contributed by atoms with Crippen molar-refractivity contribution in [3.05, 3.63) is 40.9 Å². The summed E-state index contributed by atoms with van der Waals surface area (Å²) in [5, 5.41) is 20.5. The van der Waals surface area contributed by atoms with E-state index in [1.165, 1.54) is 6.92 Å². The molecule has 0 spiro atoms. The molecule has 6 heteroatoms. The molecule has 0 bridgehead atoms. The van der Waals surface area contributed by atoms with Gasteiger partial charge in [-0.25, -0.2) is 9.78 Å². The summed E-state index contributed by atoms with van der Waals surface area (Å²) < 4.78 is 0.589. The molecule has 1 heterocycles. The van der Waals surface area contributed by atoms with E-state index in [0.29, 0.717) is 15.8 Å². The number of carboxylic acid groups (broad SMARTS) is 1. The second-order valence-electron chi connectivity index (χ2n) is 3.13. The van der Waals surface area contributed by atoms with Crippen molar-refractivity contribution in [2.45, 2.75) is 6.92 Å². The average molecular weight is 222 g/mol. The predicted octanol–water partition coefficient (Wildman–Crippen LogP) is 0.0501. The quantitative estimate of drug-likeness (QED) is 0.543. The number of para-hydroxylation sites is 2. The predicted molar refractivity (Wildman–Crippen MR) is 56.0 cm³/mol. The number of carbonyl (C=O) groups is 1. The van der Waals surface area contributed by atoms with Crippen LogP contribution in [0.3, 0.4) is 0 Å². The van der Waals surface area contributed by atoms with Crippen molar-refractivity contribution in [3.8, 4) is 0 Å². The number of benzene rings is 1. The van der Waals surface area contributed by atoms with Gasteiger partial charge in [-0.3, -0.25) is 0 Å². The molecular formula is C10H10N2O4. The summed E-state index contributed by atoms with van der Waals surface area (Å²) in [7, 11) is 0. The molecule has 2 aromatic rings. The molecule has 0 saturated carbocycles. The molecule has 0 unspecified atom stereocenters. The van der Waals surface area contributed by atoms with Gasteiger partial charge in [0.15, 0.2) is 0 Å². The maximum Gasteiger partial charge on any atom is 0.361 e. The highest BCUT2D eigenvalue weighted by Gasteiger charge is 2.19. The molecule has 0 fully saturated rings. The van der Waals surface area contributed by atoms with Gasteiger partial charge in [0.1, 0.15) is 5.52 Å². The van der Waals surface area contributed by atoms with Crippen LogP contribution in [-0.2, 0) is 0 Å². The Bertz CT molecular complexity index is 554. The molecule has 0 atom stereocenters. The fourth-order valence-electron chi connectivity index (χ4n) is 1.41. The summed E-state index contributed by atoms with van der Waals surface area (Å²) in [6.07, 6.45) is 0. The molecule has 0 aliphatic carbocycles. The third kappa shape index (κ3) is 1.66. The molecule has 0 saturated heterocycles. The Morgan fingerprint density at radius 1 is 1.44 bits per heavy atom. The Balaban J connectivity index is 0.00000128. The van der Waals surface area contributed by atoms with E-state index in [1.54, 1.807) is 24.3 Å². The van der Waals surface area contributed by atoms with E-state index < -0.39 is 5.97 Å². The van der Waals surface area contributed by atoms with Gasteiger partial charge >= 0.3 is 5.97 Å². The van der Waals surface area contributed by atoms with Gasteiger partial charge < -0.3 is 15.8 Å². The second kappa shape index (κ2) is 4.11. The minimum atomic E-state index is -1.19. The number of nitrogens with zero attached hydrogens (tertiary/aromatic N) is 2. The molecule has 3 N–H and O–H groups in total. The van der Waals surface area contributed by atoms with Crippen molar-refractivity contribution in [1.29, 1.82) is 0 Å². The zero-order valence-electron chi connectivity index (χ0n) is 8.47. The number of fused-ring (bicyclic) bond motifs is 1. The Labute approximate surface area is 90.7 Å². The van der Waals surface area contributed by atoms with E-state index in [1.807, 2.05) is 0 Å². The van der Waals surface area contributed by atoms with E-state index in [0.717, 1.165) is 0 Å². The lowest BCUT2D eigenvalue weighted by Gasteiger charge is -2.05. The van der Waals surface area contributed by atoms with Crippen LogP contribution in [0.5, 0.6) is 0 Å². The summed E-state index contributed by atoms with van der Waals surface area (Å²) in [6.45, 7) is 1.44. The fraction of sp³-hybridized carbons (Fsp3) is 0.100. The van der Waals surface area contributed by atoms with Gasteiger partial charge in [-0.1, -0.05) is 12.1 Å². The molecule has 2 rings (SSSR count). The van der Waals surface area contributed by atoms with Crippen molar-refractivity contribution in [3.63, 3.8) is 0 Å². The molecular weight excluding hydrogens is 212 g/mol. The third-order valence-corrected chi connectivity index (χ3v) is 2.18. The summed E-state index contributed by atoms with van der Waals surface area (Å²) >= 11 is 0. The summed E-state index contributed by atoms with van der Waals surface area (Å²) in [5.41, 5.74) is 0.653. The SMILES string of the molecule is Cc1c(C(=O)O)nc2ccccc2[n+]1[O-].O. The van der Waals surface area contributed by atoms with Crippen LogP contribution in [0.4, 0.5) is 0 Å². The maximum absolute atomic E-state index is 11.7. The summed E-state index contributed by atoms with van der Waals surface area (Å²) in [5.74, 6) is -1.19. The number of hydrogen-bond donors (Lipinski definition) is 1. The van der Waals surface area contributed by atoms with E-state index in [9.17, 15) is 10.0 Å². The molecule has 84 valence electrons. The molecule has 0 aliphatic rings. The zero-order valence-corrected chi connectivity index (χ0v) is 8.47. The van der Waals surface area contributed by atoms with Crippen LogP contribution < -0.4 is 4.73 Å². The van der Waals surface area contributed by atoms with Crippen LogP contribution >= 0.6 is 0 Å². The van der Waals surface area contributed by atoms with Gasteiger partial charge in [-0.2, -0.15) is 4.73 Å². The van der Waals surface area contributed by atoms with Crippen molar-refractivity contribution >= 4 is 17.0 Å². The first-order valence-electron chi connectivity index (χ1n) is 4.33. The van der Waals surface area contributed by atoms with Crippen LogP contribution in [0.15, 0.2) is 24.3 Å². The summed E-state index contributed by atoms with van der Waals surface area (Å²) in [4.78, 5) is 14.7. The van der Waals surface area contributed by atoms with Gasteiger partial charge in [0.25, 0.3) is 0 Å². The van der Waals surface area contributed by atoms with E-state index in [4.69, 9.17) is 5.11 Å². The molecule has 0 radical (unpaired) electrons. The standard InChI is InChI=1S/C10H8N2O3.H2O/c1-6-9(10(13)14)11-7-4-2-3-5-8(7)12(6)15;/h2-5H,1H3,(H,13,14);1H2. The van der Waals surface area contributed by atoms with E-state index >= 15 is 0 Å². The van der Waals surface area contributed by atoms with Crippen LogP contribution in [-0.4, -0.2) is 21.5 Å². The number of aromatic carboxylic acids is 1. The number of hydrogen-bond acceptors (Lipinski definition) is 3. The molecule has 1 aromatic carbocycles. The lowest BCUT2D eigenvalue weighted by Crippen LogP contribution is -2.34. The van der Waals surface area contributed by atoms with Gasteiger partial charge in [-0.05, 0) is 6.07 Å². The van der Waals surface area contributed by atoms with Crippen LogP contribution in [0.2, 0.25) is 0 Å². The first kappa shape index (κ1) is 11.9. The highest BCUT2D eigenvalue weighted by atomic mass is 16.5. The van der Waals surface area contributed by atoms with Crippen molar-refractivity contribution in [1.82, 2.24) is 4.98 Å². The van der Waals surface area contributed by atoms with E-state index in [2.05, 4.69) is 4.98 Å². The Morgan fingerprint density at radius 3 is 2.69 bits per heavy atom. The third-order valence-electron chi connectivity index (χ3n) is 2.18. The first-order valence-corrected chi connectivity index (χ1v) is 4.33. The molecule has 1 aromatic heterocycles. The van der Waals surface area contributed by atoms with Crippen molar-refractivity contribution < 1.29 is 20.1 Å². The number of carboxylic acids is 1. The van der Waals surface area contributed by atoms with Crippen molar-refractivity contribution in [2.75, 3.05) is 0 Å². The minimum absolute atomic E-state index is 0. The molecule has 0 aliphatic heterocycles. The highest BCUT2D eigenvalue weighted by Crippen LogP contribution is 2.10. The zero-order chi connectivity index (χ0) is 11.0. The van der Waals surface area contributed by atoms with Gasteiger partial charge in [0.2, 0.25) is 16.9 Å². The van der Waals surface area contributed by atoms with Gasteiger partial charge in [-0.15, -0.1) is 0 Å². The van der Waals surface area contributed by atoms with Gasteiger partial charge in [0, 0.05) is 13.0 Å². The van der Waals surface area contributed by atoms with E-state index in [-0.39, 0.29) is 16.9 Å². The lowest BCUT2D eigenvalue weighted by atomic mass is 10.2. The monoisotopic (exact) mass is 222 g/mol. The number of aromatic nitrogens is 2. The Morgan fingerprint density at radius 2 is 2.06 bits per heavy atom. The second-order valence-corrected chi connectivity index (χ2v) is 3.13. The van der Waals surface area contributed by atoms with Crippen LogP contribution in [0, 0.1) is 12.1 Å². The minimum Gasteiger partial charge on any atom is -0.618 e. The van der Waals surface area contributed by atoms with Gasteiger partial charge in [0.05, 0.1) is 0 Å². The average Bonchev–Trinajstić information content (AvgIpc) is 2.23. The number of rotatable bonds is 1. The molecule has 0 amide bonds. The molecule has 6 nitrogen and oxygen atoms in total. The normalized spacial score (nSPS) is 9.81. The maximum atomic E-state index is 11.7. The fourth-order valence-corrected chi connectivity index (χ4v) is 1.41. The largest absolute Gasteiger partial charge is 0.618 e. The Hall–Kier alpha value is -2.21. The summed E-state index contributed by atoms with van der Waals surface area (Å²) in [6, 6.07) is 6.62. The van der Waals surface area contributed by atoms with Crippen LogP contribution in [0.1, 0.15) is 16.2 Å².